The normalized spacial score (nSPS) is 21.2. The Hall–Kier alpha value is -1.48. The van der Waals surface area contributed by atoms with Crippen LogP contribution in [0.5, 0.6) is 0 Å². The van der Waals surface area contributed by atoms with Crippen LogP contribution in [0.4, 0.5) is 0 Å². The Labute approximate surface area is 161 Å². The minimum absolute atomic E-state index is 0.0385. The highest BCUT2D eigenvalue weighted by Gasteiger charge is 2.42. The van der Waals surface area contributed by atoms with E-state index in [1.54, 1.807) is 17.0 Å². The quantitative estimate of drug-likeness (QED) is 0.817. The van der Waals surface area contributed by atoms with Crippen LogP contribution in [0.25, 0.3) is 0 Å². The van der Waals surface area contributed by atoms with Gasteiger partial charge in [-0.25, -0.2) is 8.42 Å². The summed E-state index contributed by atoms with van der Waals surface area (Å²) in [5.41, 5.74) is 7.39. The minimum atomic E-state index is -3.55. The van der Waals surface area contributed by atoms with Crippen LogP contribution in [0.1, 0.15) is 24.0 Å². The third-order valence-corrected chi connectivity index (χ3v) is 7.83. The van der Waals surface area contributed by atoms with Crippen molar-refractivity contribution in [2.75, 3.05) is 45.9 Å². The van der Waals surface area contributed by atoms with E-state index < -0.39 is 15.4 Å². The molecule has 150 valence electrons. The van der Waals surface area contributed by atoms with E-state index >= 15 is 0 Å². The van der Waals surface area contributed by atoms with Crippen molar-refractivity contribution < 1.29 is 17.9 Å². The van der Waals surface area contributed by atoms with E-state index in [4.69, 9.17) is 10.5 Å². The van der Waals surface area contributed by atoms with Gasteiger partial charge in [-0.05, 0) is 49.9 Å². The highest BCUT2D eigenvalue weighted by molar-refractivity contribution is 7.89. The molecule has 8 heteroatoms. The summed E-state index contributed by atoms with van der Waals surface area (Å²) in [7, 11) is -3.55. The maximum atomic E-state index is 13.0. The van der Waals surface area contributed by atoms with E-state index in [0.717, 1.165) is 11.1 Å². The number of rotatable bonds is 4. The van der Waals surface area contributed by atoms with Gasteiger partial charge in [-0.3, -0.25) is 4.79 Å². The second kappa shape index (κ2) is 7.87. The lowest BCUT2D eigenvalue weighted by Gasteiger charge is -2.42. The number of ether oxygens (including phenoxy) is 1. The monoisotopic (exact) mass is 395 g/mol. The molecule has 0 radical (unpaired) electrons. The van der Waals surface area contributed by atoms with Crippen molar-refractivity contribution in [3.63, 3.8) is 0 Å². The summed E-state index contributed by atoms with van der Waals surface area (Å²) in [4.78, 5) is 15.1. The van der Waals surface area contributed by atoms with E-state index in [-0.39, 0.29) is 5.91 Å². The molecule has 0 unspecified atom stereocenters. The third-order valence-electron chi connectivity index (χ3n) is 5.94. The van der Waals surface area contributed by atoms with Gasteiger partial charge in [-0.2, -0.15) is 4.31 Å². The molecule has 0 aliphatic carbocycles. The lowest BCUT2D eigenvalue weighted by molar-refractivity contribution is -0.148. The first-order valence-electron chi connectivity index (χ1n) is 9.45. The number of carbonyl (C=O) groups is 1. The minimum Gasteiger partial charge on any atom is -0.381 e. The molecule has 2 N–H and O–H groups in total. The van der Waals surface area contributed by atoms with Crippen molar-refractivity contribution >= 4 is 15.9 Å². The van der Waals surface area contributed by atoms with Crippen LogP contribution >= 0.6 is 0 Å². The molecule has 2 saturated heterocycles. The Morgan fingerprint density at radius 2 is 1.74 bits per heavy atom. The van der Waals surface area contributed by atoms with Crippen LogP contribution in [-0.4, -0.2) is 69.5 Å². The smallest absolute Gasteiger partial charge is 0.243 e. The molecule has 2 fully saturated rings. The third kappa shape index (κ3) is 3.89. The maximum absolute atomic E-state index is 13.0. The molecule has 2 heterocycles. The Balaban J connectivity index is 1.69. The number of nitrogens with two attached hydrogens (primary N) is 1. The molecule has 1 amide bonds. The molecule has 2 aliphatic heterocycles. The van der Waals surface area contributed by atoms with Crippen molar-refractivity contribution in [3.8, 4) is 0 Å². The number of nitrogens with zero attached hydrogens (tertiary/aromatic N) is 2. The van der Waals surface area contributed by atoms with Crippen molar-refractivity contribution in [2.24, 2.45) is 11.1 Å². The van der Waals surface area contributed by atoms with Gasteiger partial charge < -0.3 is 15.4 Å². The van der Waals surface area contributed by atoms with Gasteiger partial charge in [-0.1, -0.05) is 6.07 Å². The standard InChI is InChI=1S/C19H29N3O4S/c1-15-3-4-17(13-16(15)2)27(24,25)22-9-7-21(8-10-22)18(23)19(14-20)5-11-26-12-6-19/h3-4,13H,5-12,14,20H2,1-2H3. The summed E-state index contributed by atoms with van der Waals surface area (Å²) < 4.78 is 32.7. The van der Waals surface area contributed by atoms with Crippen LogP contribution in [0.3, 0.4) is 0 Å². The number of sulfonamides is 1. The molecule has 0 saturated carbocycles. The number of benzene rings is 1. The van der Waals surface area contributed by atoms with E-state index in [9.17, 15) is 13.2 Å². The Morgan fingerprint density at radius 3 is 2.30 bits per heavy atom. The number of carbonyl (C=O) groups excluding carboxylic acids is 1. The van der Waals surface area contributed by atoms with E-state index in [1.165, 1.54) is 4.31 Å². The van der Waals surface area contributed by atoms with Crippen molar-refractivity contribution in [1.29, 1.82) is 0 Å². The molecule has 1 aromatic carbocycles. The lowest BCUT2D eigenvalue weighted by atomic mass is 9.78. The van der Waals surface area contributed by atoms with Crippen LogP contribution in [-0.2, 0) is 19.6 Å². The first-order chi connectivity index (χ1) is 12.8. The van der Waals surface area contributed by atoms with Gasteiger partial charge in [0.05, 0.1) is 10.3 Å². The van der Waals surface area contributed by atoms with Crippen LogP contribution in [0, 0.1) is 19.3 Å². The van der Waals surface area contributed by atoms with Crippen LogP contribution in [0.2, 0.25) is 0 Å². The van der Waals surface area contributed by atoms with E-state index in [0.29, 0.717) is 63.7 Å². The van der Waals surface area contributed by atoms with Crippen LogP contribution < -0.4 is 5.73 Å². The first-order valence-corrected chi connectivity index (χ1v) is 10.9. The summed E-state index contributed by atoms with van der Waals surface area (Å²) >= 11 is 0. The van der Waals surface area contributed by atoms with E-state index in [1.807, 2.05) is 19.9 Å². The molecule has 1 aromatic rings. The highest BCUT2D eigenvalue weighted by Crippen LogP contribution is 2.32. The maximum Gasteiger partial charge on any atom is 0.243 e. The summed E-state index contributed by atoms with van der Waals surface area (Å²) in [6, 6.07) is 5.20. The molecule has 2 aliphatic rings. The van der Waals surface area contributed by atoms with Crippen molar-refractivity contribution in [1.82, 2.24) is 9.21 Å². The summed E-state index contributed by atoms with van der Waals surface area (Å²) in [5, 5.41) is 0. The zero-order chi connectivity index (χ0) is 19.7. The Morgan fingerprint density at radius 1 is 1.11 bits per heavy atom. The molecular weight excluding hydrogens is 366 g/mol. The average Bonchev–Trinajstić information content (AvgIpc) is 2.70. The highest BCUT2D eigenvalue weighted by atomic mass is 32.2. The van der Waals surface area contributed by atoms with Gasteiger partial charge in [0.25, 0.3) is 0 Å². The fourth-order valence-electron chi connectivity index (χ4n) is 3.76. The second-order valence-electron chi connectivity index (χ2n) is 7.54. The van der Waals surface area contributed by atoms with Crippen molar-refractivity contribution in [3.05, 3.63) is 29.3 Å². The number of hydrogen-bond donors (Lipinski definition) is 1. The van der Waals surface area contributed by atoms with Gasteiger partial charge in [0.15, 0.2) is 0 Å². The average molecular weight is 396 g/mol. The predicted molar refractivity (Wildman–Crippen MR) is 103 cm³/mol. The summed E-state index contributed by atoms with van der Waals surface area (Å²) in [6.45, 7) is 6.66. The second-order valence-corrected chi connectivity index (χ2v) is 9.48. The Kier molecular flexibility index (Phi) is 5.90. The van der Waals surface area contributed by atoms with Gasteiger partial charge in [-0.15, -0.1) is 0 Å². The molecule has 0 bridgehead atoms. The molecule has 0 aromatic heterocycles. The lowest BCUT2D eigenvalue weighted by Crippen LogP contribution is -2.57. The topological polar surface area (TPSA) is 92.9 Å². The molecule has 27 heavy (non-hydrogen) atoms. The molecular formula is C19H29N3O4S. The zero-order valence-electron chi connectivity index (χ0n) is 16.1. The van der Waals surface area contributed by atoms with Crippen molar-refractivity contribution in [2.45, 2.75) is 31.6 Å². The Bertz CT molecular complexity index is 795. The van der Waals surface area contributed by atoms with Gasteiger partial charge in [0.1, 0.15) is 0 Å². The predicted octanol–water partition coefficient (Wildman–Crippen LogP) is 0.892. The SMILES string of the molecule is Cc1ccc(S(=O)(=O)N2CCN(C(=O)C3(CN)CCOCC3)CC2)cc1C. The van der Waals surface area contributed by atoms with Gasteiger partial charge in [0, 0.05) is 45.9 Å². The summed E-state index contributed by atoms with van der Waals surface area (Å²) in [6.07, 6.45) is 1.26. The van der Waals surface area contributed by atoms with E-state index in [2.05, 4.69) is 0 Å². The largest absolute Gasteiger partial charge is 0.381 e. The summed E-state index contributed by atoms with van der Waals surface area (Å²) in [5.74, 6) is 0.0385. The van der Waals surface area contributed by atoms with Gasteiger partial charge in [0.2, 0.25) is 15.9 Å². The fraction of sp³-hybridized carbons (Fsp3) is 0.632. The zero-order valence-corrected chi connectivity index (χ0v) is 16.9. The van der Waals surface area contributed by atoms with Gasteiger partial charge >= 0.3 is 0 Å². The fourth-order valence-corrected chi connectivity index (χ4v) is 5.27. The number of hydrogen-bond acceptors (Lipinski definition) is 5. The first kappa shape index (κ1) is 20.3. The molecule has 0 spiro atoms. The number of piperazine rings is 1. The molecule has 7 nitrogen and oxygen atoms in total. The molecule has 0 atom stereocenters. The van der Waals surface area contributed by atoms with Crippen LogP contribution in [0.15, 0.2) is 23.1 Å². The molecule has 3 rings (SSSR count). The number of amides is 1. The number of aryl methyl sites for hydroxylation is 2.